The van der Waals surface area contributed by atoms with Crippen LogP contribution in [0.25, 0.3) is 0 Å². The lowest BCUT2D eigenvalue weighted by molar-refractivity contribution is 0.0940. The summed E-state index contributed by atoms with van der Waals surface area (Å²) < 4.78 is 0. The van der Waals surface area contributed by atoms with Crippen LogP contribution in [0.2, 0.25) is 0 Å². The Morgan fingerprint density at radius 2 is 2.25 bits per heavy atom. The molecule has 0 aliphatic carbocycles. The van der Waals surface area contributed by atoms with E-state index in [4.69, 9.17) is 0 Å². The van der Waals surface area contributed by atoms with Gasteiger partial charge in [-0.25, -0.2) is 9.97 Å². The minimum atomic E-state index is -0.0749. The third-order valence-electron chi connectivity index (χ3n) is 3.60. The maximum absolute atomic E-state index is 12.1. The molecule has 0 saturated heterocycles. The van der Waals surface area contributed by atoms with Crippen LogP contribution in [-0.2, 0) is 12.8 Å². The molecular formula is C14H18N4OS. The summed E-state index contributed by atoms with van der Waals surface area (Å²) in [6.07, 6.45) is 1.53. The summed E-state index contributed by atoms with van der Waals surface area (Å²) in [5.41, 5.74) is 4.42. The van der Waals surface area contributed by atoms with E-state index < -0.39 is 0 Å². The van der Waals surface area contributed by atoms with Gasteiger partial charge < -0.3 is 10.3 Å². The molecule has 0 bridgehead atoms. The molecule has 106 valence electrons. The molecule has 5 nitrogen and oxygen atoms in total. The number of carbonyl (C=O) groups is 1. The van der Waals surface area contributed by atoms with Crippen LogP contribution in [0.1, 0.15) is 46.4 Å². The largest absolute Gasteiger partial charge is 0.350 e. The molecule has 6 heteroatoms. The van der Waals surface area contributed by atoms with E-state index in [2.05, 4.69) is 34.1 Å². The lowest BCUT2D eigenvalue weighted by atomic mass is 9.88. The van der Waals surface area contributed by atoms with Crippen molar-refractivity contribution in [3.8, 4) is 0 Å². The normalized spacial score (nSPS) is 17.4. The van der Waals surface area contributed by atoms with Crippen molar-refractivity contribution in [1.82, 2.24) is 20.3 Å². The summed E-state index contributed by atoms with van der Waals surface area (Å²) in [7, 11) is 0. The number of hydrogen-bond donors (Lipinski definition) is 2. The highest BCUT2D eigenvalue weighted by atomic mass is 32.1. The van der Waals surface area contributed by atoms with E-state index >= 15 is 0 Å². The van der Waals surface area contributed by atoms with Crippen molar-refractivity contribution < 1.29 is 4.79 Å². The summed E-state index contributed by atoms with van der Waals surface area (Å²) in [6, 6.07) is 0. The minimum Gasteiger partial charge on any atom is -0.350 e. The molecule has 1 aliphatic heterocycles. The number of nitrogens with one attached hydrogen (secondary N) is 2. The predicted octanol–water partition coefficient (Wildman–Crippen LogP) is 2.08. The number of thiazole rings is 1. The summed E-state index contributed by atoms with van der Waals surface area (Å²) >= 11 is 1.62. The summed E-state index contributed by atoms with van der Waals surface area (Å²) in [4.78, 5) is 25.3. The van der Waals surface area contributed by atoms with Crippen molar-refractivity contribution in [2.75, 3.05) is 6.54 Å². The summed E-state index contributed by atoms with van der Waals surface area (Å²) in [6.45, 7) is 6.97. The number of amides is 1. The Morgan fingerprint density at radius 3 is 2.95 bits per heavy atom. The summed E-state index contributed by atoms with van der Waals surface area (Å²) in [5, 5.41) is 2.94. The molecule has 0 saturated carbocycles. The van der Waals surface area contributed by atoms with Gasteiger partial charge in [0, 0.05) is 23.5 Å². The molecule has 2 N–H and O–H groups in total. The quantitative estimate of drug-likeness (QED) is 0.889. The zero-order chi connectivity index (χ0) is 14.3. The van der Waals surface area contributed by atoms with Gasteiger partial charge in [0.2, 0.25) is 0 Å². The highest BCUT2D eigenvalue weighted by Crippen LogP contribution is 2.26. The van der Waals surface area contributed by atoms with E-state index in [-0.39, 0.29) is 11.3 Å². The Morgan fingerprint density at radius 1 is 1.45 bits per heavy atom. The topological polar surface area (TPSA) is 70.7 Å². The number of imidazole rings is 1. The van der Waals surface area contributed by atoms with Crippen LogP contribution in [-0.4, -0.2) is 27.4 Å². The highest BCUT2D eigenvalue weighted by molar-refractivity contribution is 7.09. The molecule has 0 atom stereocenters. The van der Waals surface area contributed by atoms with Crippen molar-refractivity contribution in [1.29, 1.82) is 0 Å². The Balaban J connectivity index is 1.92. The molecule has 20 heavy (non-hydrogen) atoms. The van der Waals surface area contributed by atoms with Gasteiger partial charge in [0.25, 0.3) is 5.91 Å². The lowest BCUT2D eigenvalue weighted by Gasteiger charge is -2.21. The lowest BCUT2D eigenvalue weighted by Crippen LogP contribution is -2.32. The van der Waals surface area contributed by atoms with Crippen molar-refractivity contribution >= 4 is 17.2 Å². The molecule has 0 radical (unpaired) electrons. The van der Waals surface area contributed by atoms with Crippen molar-refractivity contribution in [3.05, 3.63) is 33.3 Å². The van der Waals surface area contributed by atoms with Crippen LogP contribution in [0.15, 0.2) is 5.51 Å². The number of rotatable bonds is 2. The van der Waals surface area contributed by atoms with Crippen LogP contribution in [0.4, 0.5) is 0 Å². The van der Waals surface area contributed by atoms with E-state index in [1.165, 1.54) is 4.88 Å². The Bertz CT molecular complexity index is 656. The van der Waals surface area contributed by atoms with Gasteiger partial charge in [0.1, 0.15) is 11.5 Å². The first-order chi connectivity index (χ1) is 9.44. The highest BCUT2D eigenvalue weighted by Gasteiger charge is 2.29. The third-order valence-corrected chi connectivity index (χ3v) is 4.53. The monoisotopic (exact) mass is 290 g/mol. The number of aromatic nitrogens is 3. The Hall–Kier alpha value is -1.69. The number of hydrogen-bond acceptors (Lipinski definition) is 4. The third kappa shape index (κ3) is 2.47. The number of fused-ring (bicyclic) bond motifs is 1. The molecule has 2 aromatic heterocycles. The second-order valence-electron chi connectivity index (χ2n) is 6.07. The predicted molar refractivity (Wildman–Crippen MR) is 78.1 cm³/mol. The van der Waals surface area contributed by atoms with Gasteiger partial charge in [0.15, 0.2) is 0 Å². The van der Waals surface area contributed by atoms with Crippen LogP contribution < -0.4 is 5.32 Å². The van der Waals surface area contributed by atoms with Gasteiger partial charge in [-0.1, -0.05) is 13.8 Å². The molecule has 0 fully saturated rings. The van der Waals surface area contributed by atoms with Crippen LogP contribution in [0, 0.1) is 12.3 Å². The number of H-pyrrole nitrogens is 1. The van der Waals surface area contributed by atoms with E-state index in [9.17, 15) is 4.79 Å². The van der Waals surface area contributed by atoms with E-state index in [1.54, 1.807) is 11.3 Å². The fraction of sp³-hybridized carbons (Fsp3) is 0.500. The van der Waals surface area contributed by atoms with Gasteiger partial charge in [-0.15, -0.1) is 11.3 Å². The number of aryl methyl sites for hydroxylation is 1. The van der Waals surface area contributed by atoms with E-state index in [1.807, 2.05) is 12.4 Å². The van der Waals surface area contributed by atoms with Gasteiger partial charge in [-0.3, -0.25) is 4.79 Å². The van der Waals surface area contributed by atoms with Gasteiger partial charge in [0.05, 0.1) is 11.2 Å². The molecule has 3 heterocycles. The van der Waals surface area contributed by atoms with Crippen molar-refractivity contribution in [3.63, 3.8) is 0 Å². The smallest absolute Gasteiger partial charge is 0.271 e. The Kier molecular flexibility index (Phi) is 3.12. The number of carbonyl (C=O) groups excluding carboxylic acids is 1. The molecule has 0 spiro atoms. The first kappa shape index (κ1) is 13.3. The van der Waals surface area contributed by atoms with Crippen LogP contribution in [0.3, 0.4) is 0 Å². The zero-order valence-corrected chi connectivity index (χ0v) is 12.7. The van der Waals surface area contributed by atoms with Crippen molar-refractivity contribution in [2.45, 2.75) is 33.6 Å². The van der Waals surface area contributed by atoms with E-state index in [0.29, 0.717) is 18.7 Å². The molecule has 1 aliphatic rings. The van der Waals surface area contributed by atoms with Gasteiger partial charge in [-0.2, -0.15) is 0 Å². The second kappa shape index (κ2) is 4.70. The SMILES string of the molecule is Cc1ncsc1Cc1nc2c([nH]1)CC(C)(C)CNC2=O. The average Bonchev–Trinajstić information content (AvgIpc) is 2.92. The molecule has 0 aromatic carbocycles. The maximum atomic E-state index is 12.1. The first-order valence-corrected chi connectivity index (χ1v) is 7.57. The molecule has 2 aromatic rings. The van der Waals surface area contributed by atoms with E-state index in [0.717, 1.165) is 23.6 Å². The molecule has 3 rings (SSSR count). The number of aromatic amines is 1. The second-order valence-corrected chi connectivity index (χ2v) is 7.01. The number of nitrogens with zero attached hydrogens (tertiary/aromatic N) is 2. The first-order valence-electron chi connectivity index (χ1n) is 6.69. The average molecular weight is 290 g/mol. The maximum Gasteiger partial charge on any atom is 0.271 e. The molecular weight excluding hydrogens is 272 g/mol. The Labute approximate surface area is 121 Å². The fourth-order valence-electron chi connectivity index (χ4n) is 2.46. The standard InChI is InChI=1S/C14H18N4OS/c1-8-10(20-7-16-8)4-11-17-9-5-14(2,3)6-15-13(19)12(9)18-11/h7H,4-6H2,1-3H3,(H,15,19)(H,17,18). The van der Waals surface area contributed by atoms with Crippen molar-refractivity contribution in [2.24, 2.45) is 5.41 Å². The molecule has 1 amide bonds. The summed E-state index contributed by atoms with van der Waals surface area (Å²) in [5.74, 6) is 0.768. The minimum absolute atomic E-state index is 0.0467. The molecule has 0 unspecified atom stereocenters. The van der Waals surface area contributed by atoms with Gasteiger partial charge in [-0.05, 0) is 18.8 Å². The fourth-order valence-corrected chi connectivity index (χ4v) is 3.24. The van der Waals surface area contributed by atoms with Gasteiger partial charge >= 0.3 is 0 Å². The zero-order valence-electron chi connectivity index (χ0n) is 11.9. The van der Waals surface area contributed by atoms with Crippen LogP contribution in [0.5, 0.6) is 0 Å². The van der Waals surface area contributed by atoms with Crippen LogP contribution >= 0.6 is 11.3 Å².